The Morgan fingerprint density at radius 1 is 1.29 bits per heavy atom. The van der Waals surface area contributed by atoms with Crippen LogP contribution in [0.2, 0.25) is 0 Å². The maximum absolute atomic E-state index is 11.9. The van der Waals surface area contributed by atoms with Crippen molar-refractivity contribution in [3.8, 4) is 0 Å². The molecule has 0 bridgehead atoms. The summed E-state index contributed by atoms with van der Waals surface area (Å²) < 4.78 is 5.36. The number of esters is 1. The molecule has 0 aliphatic rings. The van der Waals surface area contributed by atoms with Crippen LogP contribution < -0.4 is 5.32 Å². The first-order valence-corrected chi connectivity index (χ1v) is 5.86. The minimum atomic E-state index is -0.442. The molecule has 0 spiro atoms. The average Bonchev–Trinajstić information content (AvgIpc) is 2.24. The molecule has 1 N–H and O–H groups in total. The van der Waals surface area contributed by atoms with Crippen molar-refractivity contribution < 1.29 is 9.53 Å². The predicted molar refractivity (Wildman–Crippen MR) is 68.8 cm³/mol. The van der Waals surface area contributed by atoms with E-state index in [4.69, 9.17) is 4.74 Å². The molecule has 1 atom stereocenters. The fraction of sp³-hybridized carbons (Fsp3) is 0.500. The van der Waals surface area contributed by atoms with Crippen LogP contribution in [0.4, 0.5) is 0 Å². The second kappa shape index (κ2) is 5.82. The molecule has 0 fully saturated rings. The highest BCUT2D eigenvalue weighted by Crippen LogP contribution is 2.11. The highest BCUT2D eigenvalue weighted by Gasteiger charge is 2.23. The van der Waals surface area contributed by atoms with Gasteiger partial charge in [0.05, 0.1) is 0 Å². The minimum Gasteiger partial charge on any atom is -0.459 e. The summed E-state index contributed by atoms with van der Waals surface area (Å²) in [4.78, 5) is 11.9. The fourth-order valence-corrected chi connectivity index (χ4v) is 1.53. The largest absolute Gasteiger partial charge is 0.459 e. The third-order valence-corrected chi connectivity index (χ3v) is 2.32. The lowest BCUT2D eigenvalue weighted by molar-refractivity contribution is -0.157. The Kier molecular flexibility index (Phi) is 4.70. The molecular formula is C14H21NO2. The van der Waals surface area contributed by atoms with Crippen molar-refractivity contribution in [2.45, 2.75) is 38.8 Å². The van der Waals surface area contributed by atoms with Gasteiger partial charge in [0.15, 0.2) is 0 Å². The molecule has 0 amide bonds. The average molecular weight is 235 g/mol. The first kappa shape index (κ1) is 13.7. The molecule has 0 aliphatic heterocycles. The molecule has 1 rings (SSSR count). The number of likely N-dealkylation sites (N-methyl/N-ethyl adjacent to an activating group) is 1. The monoisotopic (exact) mass is 235 g/mol. The Bertz CT molecular complexity index is 354. The maximum atomic E-state index is 11.9. The van der Waals surface area contributed by atoms with Crippen LogP contribution in [0, 0.1) is 0 Å². The van der Waals surface area contributed by atoms with Crippen LogP contribution in [-0.4, -0.2) is 24.7 Å². The SMILES string of the molecule is CNC(Cc1ccccc1)C(=O)OC(C)(C)C. The molecule has 0 saturated heterocycles. The van der Waals surface area contributed by atoms with Crippen LogP contribution in [0.15, 0.2) is 30.3 Å². The molecule has 0 aliphatic carbocycles. The summed E-state index contributed by atoms with van der Waals surface area (Å²) in [6, 6.07) is 9.62. The molecule has 1 aromatic carbocycles. The maximum Gasteiger partial charge on any atom is 0.323 e. The summed E-state index contributed by atoms with van der Waals surface area (Å²) in [7, 11) is 1.78. The van der Waals surface area contributed by atoms with Crippen LogP contribution >= 0.6 is 0 Å². The molecule has 3 nitrogen and oxygen atoms in total. The summed E-state index contributed by atoms with van der Waals surface area (Å²) in [6.45, 7) is 5.63. The molecule has 17 heavy (non-hydrogen) atoms. The van der Waals surface area contributed by atoms with Gasteiger partial charge >= 0.3 is 5.97 Å². The van der Waals surface area contributed by atoms with E-state index in [2.05, 4.69) is 5.32 Å². The molecule has 1 aromatic rings. The number of hydrogen-bond donors (Lipinski definition) is 1. The van der Waals surface area contributed by atoms with Crippen molar-refractivity contribution >= 4 is 5.97 Å². The summed E-state index contributed by atoms with van der Waals surface area (Å²) in [6.07, 6.45) is 0.645. The minimum absolute atomic E-state index is 0.205. The van der Waals surface area contributed by atoms with Gasteiger partial charge in [0.1, 0.15) is 11.6 Å². The van der Waals surface area contributed by atoms with Crippen molar-refractivity contribution in [2.24, 2.45) is 0 Å². The van der Waals surface area contributed by atoms with Gasteiger partial charge in [-0.1, -0.05) is 30.3 Å². The fourth-order valence-electron chi connectivity index (χ4n) is 1.53. The lowest BCUT2D eigenvalue weighted by atomic mass is 10.1. The first-order chi connectivity index (χ1) is 7.92. The lowest BCUT2D eigenvalue weighted by Crippen LogP contribution is -2.41. The van der Waals surface area contributed by atoms with Gasteiger partial charge in [-0.15, -0.1) is 0 Å². The van der Waals surface area contributed by atoms with Crippen molar-refractivity contribution in [1.82, 2.24) is 5.32 Å². The van der Waals surface area contributed by atoms with Gasteiger partial charge in [-0.05, 0) is 39.8 Å². The van der Waals surface area contributed by atoms with Crippen molar-refractivity contribution in [3.63, 3.8) is 0 Å². The Hall–Kier alpha value is -1.35. The van der Waals surface area contributed by atoms with Crippen molar-refractivity contribution in [1.29, 1.82) is 0 Å². The third-order valence-electron chi connectivity index (χ3n) is 2.32. The third kappa shape index (κ3) is 5.00. The summed E-state index contributed by atoms with van der Waals surface area (Å²) in [5.74, 6) is -0.205. The van der Waals surface area contributed by atoms with Gasteiger partial charge in [0.25, 0.3) is 0 Å². The molecular weight excluding hydrogens is 214 g/mol. The zero-order valence-electron chi connectivity index (χ0n) is 11.0. The number of rotatable bonds is 4. The van der Waals surface area contributed by atoms with E-state index in [1.807, 2.05) is 51.1 Å². The van der Waals surface area contributed by atoms with E-state index < -0.39 is 5.60 Å². The highest BCUT2D eigenvalue weighted by atomic mass is 16.6. The summed E-state index contributed by atoms with van der Waals surface area (Å²) >= 11 is 0. The van der Waals surface area contributed by atoms with Crippen molar-refractivity contribution in [2.75, 3.05) is 7.05 Å². The van der Waals surface area contributed by atoms with Gasteiger partial charge in [-0.25, -0.2) is 0 Å². The van der Waals surface area contributed by atoms with E-state index in [0.29, 0.717) is 6.42 Å². The smallest absolute Gasteiger partial charge is 0.323 e. The predicted octanol–water partition coefficient (Wildman–Crippen LogP) is 2.16. The van der Waals surface area contributed by atoms with Crippen LogP contribution in [0.25, 0.3) is 0 Å². The Morgan fingerprint density at radius 2 is 1.88 bits per heavy atom. The van der Waals surface area contributed by atoms with Crippen molar-refractivity contribution in [3.05, 3.63) is 35.9 Å². The number of hydrogen-bond acceptors (Lipinski definition) is 3. The van der Waals surface area contributed by atoms with Gasteiger partial charge in [0.2, 0.25) is 0 Å². The molecule has 0 radical (unpaired) electrons. The molecule has 0 saturated carbocycles. The Morgan fingerprint density at radius 3 is 2.35 bits per heavy atom. The number of benzene rings is 1. The van der Waals surface area contributed by atoms with E-state index in [1.165, 1.54) is 0 Å². The Balaban J connectivity index is 2.63. The van der Waals surface area contributed by atoms with E-state index in [9.17, 15) is 4.79 Å². The summed E-state index contributed by atoms with van der Waals surface area (Å²) in [5.41, 5.74) is 0.681. The topological polar surface area (TPSA) is 38.3 Å². The zero-order valence-corrected chi connectivity index (χ0v) is 11.0. The summed E-state index contributed by atoms with van der Waals surface area (Å²) in [5, 5.41) is 3.00. The number of ether oxygens (including phenoxy) is 1. The van der Waals surface area contributed by atoms with Crippen LogP contribution in [0.1, 0.15) is 26.3 Å². The second-order valence-electron chi connectivity index (χ2n) is 5.06. The zero-order chi connectivity index (χ0) is 12.9. The molecule has 0 aromatic heterocycles. The van der Waals surface area contributed by atoms with E-state index >= 15 is 0 Å². The van der Waals surface area contributed by atoms with Gasteiger partial charge in [0, 0.05) is 0 Å². The Labute approximate surface area is 103 Å². The van der Waals surface area contributed by atoms with Crippen LogP contribution in [0.5, 0.6) is 0 Å². The number of nitrogens with one attached hydrogen (secondary N) is 1. The standard InChI is InChI=1S/C14H21NO2/c1-14(2,3)17-13(16)12(15-4)10-11-8-6-5-7-9-11/h5-9,12,15H,10H2,1-4H3. The van der Waals surface area contributed by atoms with Crippen LogP contribution in [0.3, 0.4) is 0 Å². The molecule has 0 heterocycles. The van der Waals surface area contributed by atoms with Gasteiger partial charge < -0.3 is 10.1 Å². The lowest BCUT2D eigenvalue weighted by Gasteiger charge is -2.23. The molecule has 3 heteroatoms. The quantitative estimate of drug-likeness (QED) is 0.813. The van der Waals surface area contributed by atoms with E-state index in [-0.39, 0.29) is 12.0 Å². The van der Waals surface area contributed by atoms with Crippen LogP contribution in [-0.2, 0) is 16.0 Å². The molecule has 1 unspecified atom stereocenters. The first-order valence-electron chi connectivity index (χ1n) is 5.86. The molecule has 94 valence electrons. The second-order valence-corrected chi connectivity index (χ2v) is 5.06. The van der Waals surface area contributed by atoms with E-state index in [0.717, 1.165) is 5.56 Å². The number of carbonyl (C=O) groups excluding carboxylic acids is 1. The normalized spacial score (nSPS) is 13.2. The number of carbonyl (C=O) groups is 1. The van der Waals surface area contributed by atoms with E-state index in [1.54, 1.807) is 7.05 Å². The van der Waals surface area contributed by atoms with Gasteiger partial charge in [-0.2, -0.15) is 0 Å². The van der Waals surface area contributed by atoms with Gasteiger partial charge in [-0.3, -0.25) is 4.79 Å². The highest BCUT2D eigenvalue weighted by molar-refractivity contribution is 5.76.